The number of aromatic nitrogens is 1. The smallest absolute Gasteiger partial charge is 0.254 e. The largest absolute Gasteiger partial charge is 0.384 e. The van der Waals surface area contributed by atoms with E-state index in [2.05, 4.69) is 18.8 Å². The zero-order chi connectivity index (χ0) is 14.5. The molecule has 0 saturated carbocycles. The van der Waals surface area contributed by atoms with E-state index in [1.54, 1.807) is 6.07 Å². The van der Waals surface area contributed by atoms with Crippen LogP contribution >= 0.6 is 11.8 Å². The molecule has 2 rings (SSSR count). The average molecular weight is 293 g/mol. The van der Waals surface area contributed by atoms with Gasteiger partial charge in [-0.1, -0.05) is 20.3 Å². The molecule has 20 heavy (non-hydrogen) atoms. The lowest BCUT2D eigenvalue weighted by Gasteiger charge is -2.32. The highest BCUT2D eigenvalue weighted by Crippen LogP contribution is 2.23. The van der Waals surface area contributed by atoms with Gasteiger partial charge >= 0.3 is 0 Å². The van der Waals surface area contributed by atoms with Crippen LogP contribution in [0.3, 0.4) is 0 Å². The summed E-state index contributed by atoms with van der Waals surface area (Å²) in [6.07, 6.45) is 2.97. The van der Waals surface area contributed by atoms with Crippen molar-refractivity contribution in [1.82, 2.24) is 9.88 Å². The van der Waals surface area contributed by atoms with Crippen LogP contribution in [-0.2, 0) is 6.42 Å². The van der Waals surface area contributed by atoms with Crippen LogP contribution in [0.1, 0.15) is 42.7 Å². The van der Waals surface area contributed by atoms with Crippen molar-refractivity contribution < 1.29 is 4.79 Å². The minimum atomic E-state index is 0.0928. The fourth-order valence-corrected chi connectivity index (χ4v) is 3.63. The van der Waals surface area contributed by atoms with Gasteiger partial charge in [-0.25, -0.2) is 4.98 Å². The number of anilines is 1. The standard InChI is InChI=1S/C15H23N3OS/c1-3-5-12-8-11(9-14(16)17-12)15(19)18-6-7-20-13(4-2)10-18/h8-9,13H,3-7,10H2,1-2H3,(H2,16,17). The Hall–Kier alpha value is -1.23. The Balaban J connectivity index is 2.15. The van der Waals surface area contributed by atoms with Gasteiger partial charge < -0.3 is 10.6 Å². The Morgan fingerprint density at radius 3 is 3.00 bits per heavy atom. The molecular formula is C15H23N3OS. The monoisotopic (exact) mass is 293 g/mol. The van der Waals surface area contributed by atoms with Crippen LogP contribution < -0.4 is 5.73 Å². The Labute approximate surface area is 125 Å². The highest BCUT2D eigenvalue weighted by molar-refractivity contribution is 8.00. The van der Waals surface area contributed by atoms with Crippen molar-refractivity contribution in [2.45, 2.75) is 38.4 Å². The summed E-state index contributed by atoms with van der Waals surface area (Å²) in [7, 11) is 0. The first kappa shape index (κ1) is 15.2. The molecule has 110 valence electrons. The van der Waals surface area contributed by atoms with Crippen molar-refractivity contribution in [2.24, 2.45) is 0 Å². The van der Waals surface area contributed by atoms with Gasteiger partial charge in [0.15, 0.2) is 0 Å². The SMILES string of the molecule is CCCc1cc(C(=O)N2CCSC(CC)C2)cc(N)n1. The third-order valence-corrected chi connectivity index (χ3v) is 4.90. The van der Waals surface area contributed by atoms with Crippen LogP contribution in [0.15, 0.2) is 12.1 Å². The summed E-state index contributed by atoms with van der Waals surface area (Å²) in [5.74, 6) is 1.56. The number of pyridine rings is 1. The van der Waals surface area contributed by atoms with Crippen molar-refractivity contribution in [3.8, 4) is 0 Å². The lowest BCUT2D eigenvalue weighted by Crippen LogP contribution is -2.41. The van der Waals surface area contributed by atoms with E-state index in [4.69, 9.17) is 5.73 Å². The molecule has 1 amide bonds. The number of amides is 1. The fraction of sp³-hybridized carbons (Fsp3) is 0.600. The van der Waals surface area contributed by atoms with Crippen LogP contribution in [0.5, 0.6) is 0 Å². The van der Waals surface area contributed by atoms with Gasteiger partial charge in [0, 0.05) is 35.3 Å². The topological polar surface area (TPSA) is 59.2 Å². The number of nitrogens with two attached hydrogens (primary N) is 1. The number of thioether (sulfide) groups is 1. The summed E-state index contributed by atoms with van der Waals surface area (Å²) in [6.45, 7) is 5.94. The summed E-state index contributed by atoms with van der Waals surface area (Å²) in [6, 6.07) is 3.59. The van der Waals surface area contributed by atoms with Gasteiger partial charge in [-0.3, -0.25) is 4.79 Å². The molecule has 0 bridgehead atoms. The van der Waals surface area contributed by atoms with Gasteiger partial charge in [-0.05, 0) is 25.0 Å². The average Bonchev–Trinajstić information content (AvgIpc) is 2.46. The minimum Gasteiger partial charge on any atom is -0.384 e. The quantitative estimate of drug-likeness (QED) is 0.927. The van der Waals surface area contributed by atoms with Crippen molar-refractivity contribution in [3.63, 3.8) is 0 Å². The maximum Gasteiger partial charge on any atom is 0.254 e. The van der Waals surface area contributed by atoms with Gasteiger partial charge in [0.1, 0.15) is 5.82 Å². The first-order chi connectivity index (χ1) is 9.63. The number of nitrogen functional groups attached to an aromatic ring is 1. The molecule has 2 N–H and O–H groups in total. The van der Waals surface area contributed by atoms with E-state index in [0.717, 1.165) is 43.8 Å². The Morgan fingerprint density at radius 1 is 1.50 bits per heavy atom. The van der Waals surface area contributed by atoms with E-state index in [1.807, 2.05) is 22.7 Å². The Kier molecular flexibility index (Phi) is 5.29. The molecule has 1 aliphatic heterocycles. The fourth-order valence-electron chi connectivity index (χ4n) is 2.45. The van der Waals surface area contributed by atoms with E-state index in [1.165, 1.54) is 0 Å². The molecule has 4 nitrogen and oxygen atoms in total. The van der Waals surface area contributed by atoms with Crippen molar-refractivity contribution in [2.75, 3.05) is 24.6 Å². The third kappa shape index (κ3) is 3.66. The third-order valence-electron chi connectivity index (χ3n) is 3.53. The van der Waals surface area contributed by atoms with Gasteiger partial charge in [0.2, 0.25) is 0 Å². The summed E-state index contributed by atoms with van der Waals surface area (Å²) in [5, 5.41) is 0.557. The number of carbonyl (C=O) groups excluding carboxylic acids is 1. The number of hydrogen-bond donors (Lipinski definition) is 1. The molecule has 1 aromatic rings. The minimum absolute atomic E-state index is 0.0928. The van der Waals surface area contributed by atoms with Crippen LogP contribution in [0.25, 0.3) is 0 Å². The molecule has 1 aromatic heterocycles. The predicted molar refractivity (Wildman–Crippen MR) is 85.1 cm³/mol. The lowest BCUT2D eigenvalue weighted by molar-refractivity contribution is 0.0760. The van der Waals surface area contributed by atoms with Crippen molar-refractivity contribution in [1.29, 1.82) is 0 Å². The van der Waals surface area contributed by atoms with Crippen LogP contribution in [0, 0.1) is 0 Å². The van der Waals surface area contributed by atoms with E-state index in [9.17, 15) is 4.79 Å². The molecule has 0 aliphatic carbocycles. The van der Waals surface area contributed by atoms with Crippen molar-refractivity contribution >= 4 is 23.5 Å². The van der Waals surface area contributed by atoms with E-state index < -0.39 is 0 Å². The van der Waals surface area contributed by atoms with E-state index >= 15 is 0 Å². The highest BCUT2D eigenvalue weighted by Gasteiger charge is 2.24. The molecule has 0 spiro atoms. The number of carbonyl (C=O) groups is 1. The van der Waals surface area contributed by atoms with Gasteiger partial charge in [0.05, 0.1) is 0 Å². The summed E-state index contributed by atoms with van der Waals surface area (Å²) in [4.78, 5) is 18.8. The van der Waals surface area contributed by atoms with Crippen LogP contribution in [0.4, 0.5) is 5.82 Å². The lowest BCUT2D eigenvalue weighted by atomic mass is 10.1. The summed E-state index contributed by atoms with van der Waals surface area (Å²) in [5.41, 5.74) is 7.42. The molecular weight excluding hydrogens is 270 g/mol. The zero-order valence-electron chi connectivity index (χ0n) is 12.3. The second-order valence-electron chi connectivity index (χ2n) is 5.17. The molecule has 0 aromatic carbocycles. The molecule has 1 unspecified atom stereocenters. The number of aryl methyl sites for hydroxylation is 1. The van der Waals surface area contributed by atoms with Crippen LogP contribution in [-0.4, -0.2) is 39.9 Å². The maximum atomic E-state index is 12.6. The van der Waals surface area contributed by atoms with Crippen molar-refractivity contribution in [3.05, 3.63) is 23.4 Å². The maximum absolute atomic E-state index is 12.6. The van der Waals surface area contributed by atoms with E-state index in [0.29, 0.717) is 16.6 Å². The first-order valence-corrected chi connectivity index (χ1v) is 8.36. The molecule has 0 radical (unpaired) electrons. The number of rotatable bonds is 4. The zero-order valence-corrected chi connectivity index (χ0v) is 13.1. The first-order valence-electron chi connectivity index (χ1n) is 7.31. The molecule has 1 fully saturated rings. The second-order valence-corrected chi connectivity index (χ2v) is 6.58. The predicted octanol–water partition coefficient (Wildman–Crippen LogP) is 2.58. The number of nitrogens with zero attached hydrogens (tertiary/aromatic N) is 2. The molecule has 1 atom stereocenters. The van der Waals surface area contributed by atoms with Gasteiger partial charge in [-0.15, -0.1) is 0 Å². The second kappa shape index (κ2) is 6.97. The molecule has 1 aliphatic rings. The Morgan fingerprint density at radius 2 is 2.30 bits per heavy atom. The number of hydrogen-bond acceptors (Lipinski definition) is 4. The molecule has 1 saturated heterocycles. The summed E-state index contributed by atoms with van der Waals surface area (Å²) >= 11 is 1.96. The van der Waals surface area contributed by atoms with Gasteiger partial charge in [-0.2, -0.15) is 11.8 Å². The normalized spacial score (nSPS) is 19.1. The highest BCUT2D eigenvalue weighted by atomic mass is 32.2. The molecule has 5 heteroatoms. The summed E-state index contributed by atoms with van der Waals surface area (Å²) < 4.78 is 0. The molecule has 2 heterocycles. The van der Waals surface area contributed by atoms with Crippen LogP contribution in [0.2, 0.25) is 0 Å². The van der Waals surface area contributed by atoms with E-state index in [-0.39, 0.29) is 5.91 Å². The van der Waals surface area contributed by atoms with Gasteiger partial charge in [0.25, 0.3) is 5.91 Å². The Bertz CT molecular complexity index is 478.